The average Bonchev–Trinajstić information content (AvgIpc) is 3.11. The van der Waals surface area contributed by atoms with Gasteiger partial charge < -0.3 is 0 Å². The lowest BCUT2D eigenvalue weighted by atomic mass is 9.96. The quantitative estimate of drug-likeness (QED) is 0.490. The van der Waals surface area contributed by atoms with E-state index in [-0.39, 0.29) is 0 Å². The van der Waals surface area contributed by atoms with Crippen molar-refractivity contribution in [1.82, 2.24) is 15.2 Å². The van der Waals surface area contributed by atoms with Crippen LogP contribution in [0.5, 0.6) is 0 Å². The predicted octanol–water partition coefficient (Wildman–Crippen LogP) is -0.382. The first-order chi connectivity index (χ1) is 7.36. The molecule has 4 nitrogen and oxygen atoms in total. The molecule has 15 heavy (non-hydrogen) atoms. The molecule has 2 bridgehead atoms. The van der Waals surface area contributed by atoms with Gasteiger partial charge in [-0.3, -0.25) is 21.1 Å². The Morgan fingerprint density at radius 2 is 1.93 bits per heavy atom. The molecule has 1 saturated carbocycles. The van der Waals surface area contributed by atoms with Crippen LogP contribution in [-0.2, 0) is 0 Å². The number of hydrogen-bond donors (Lipinski definition) is 2. The third-order valence-corrected chi connectivity index (χ3v) is 4.28. The van der Waals surface area contributed by atoms with Crippen molar-refractivity contribution in [1.29, 1.82) is 0 Å². The lowest BCUT2D eigenvalue weighted by Gasteiger charge is -2.50. The smallest absolute Gasteiger partial charge is 0.0391 e. The van der Waals surface area contributed by atoms with Gasteiger partial charge in [-0.1, -0.05) is 12.8 Å². The number of piperazine rings is 3. The van der Waals surface area contributed by atoms with Gasteiger partial charge >= 0.3 is 0 Å². The van der Waals surface area contributed by atoms with E-state index in [1.165, 1.54) is 52.0 Å². The molecule has 3 heterocycles. The van der Waals surface area contributed by atoms with Crippen LogP contribution in [0.3, 0.4) is 0 Å². The first kappa shape index (κ1) is 10.0. The highest BCUT2D eigenvalue weighted by molar-refractivity contribution is 4.96. The molecule has 0 aromatic carbocycles. The van der Waals surface area contributed by atoms with Crippen LogP contribution in [0.4, 0.5) is 0 Å². The van der Waals surface area contributed by atoms with E-state index in [1.807, 2.05) is 0 Å². The minimum Gasteiger partial charge on any atom is -0.299 e. The van der Waals surface area contributed by atoms with Crippen LogP contribution in [0.25, 0.3) is 0 Å². The molecule has 0 spiro atoms. The van der Waals surface area contributed by atoms with Crippen molar-refractivity contribution in [3.63, 3.8) is 0 Å². The molecule has 1 aliphatic carbocycles. The number of nitrogens with one attached hydrogen (secondary N) is 1. The van der Waals surface area contributed by atoms with Gasteiger partial charge in [0.05, 0.1) is 0 Å². The molecule has 0 aromatic heterocycles. The summed E-state index contributed by atoms with van der Waals surface area (Å²) < 4.78 is 0. The second kappa shape index (κ2) is 4.01. The molecule has 3 aliphatic heterocycles. The van der Waals surface area contributed by atoms with Crippen molar-refractivity contribution in [2.45, 2.75) is 31.3 Å². The number of rotatable bonds is 4. The van der Waals surface area contributed by atoms with Crippen LogP contribution in [-0.4, -0.2) is 54.6 Å². The van der Waals surface area contributed by atoms with Gasteiger partial charge in [0.15, 0.2) is 0 Å². The van der Waals surface area contributed by atoms with Gasteiger partial charge in [-0.2, -0.15) is 0 Å². The van der Waals surface area contributed by atoms with E-state index in [0.29, 0.717) is 12.1 Å². The fourth-order valence-electron chi connectivity index (χ4n) is 3.09. The van der Waals surface area contributed by atoms with Gasteiger partial charge in [0, 0.05) is 44.8 Å². The molecule has 2 unspecified atom stereocenters. The summed E-state index contributed by atoms with van der Waals surface area (Å²) in [6.45, 7) is 6.23. The molecule has 86 valence electrons. The maximum absolute atomic E-state index is 5.72. The maximum Gasteiger partial charge on any atom is 0.0391 e. The van der Waals surface area contributed by atoms with Crippen LogP contribution in [0.15, 0.2) is 0 Å². The Labute approximate surface area is 91.8 Å². The molecule has 4 heteroatoms. The summed E-state index contributed by atoms with van der Waals surface area (Å²) in [5.41, 5.74) is 3.06. The van der Waals surface area contributed by atoms with Gasteiger partial charge in [-0.15, -0.1) is 0 Å². The zero-order chi connectivity index (χ0) is 10.3. The summed E-state index contributed by atoms with van der Waals surface area (Å²) in [4.78, 5) is 5.22. The summed E-state index contributed by atoms with van der Waals surface area (Å²) >= 11 is 0. The molecule has 3 saturated heterocycles. The Morgan fingerprint density at radius 1 is 1.20 bits per heavy atom. The number of hydrazine groups is 1. The second-order valence-electron chi connectivity index (χ2n) is 5.36. The molecule has 2 atom stereocenters. The summed E-state index contributed by atoms with van der Waals surface area (Å²) in [7, 11) is 0. The summed E-state index contributed by atoms with van der Waals surface area (Å²) in [6.07, 6.45) is 4.13. The van der Waals surface area contributed by atoms with Crippen molar-refractivity contribution in [2.24, 2.45) is 11.8 Å². The lowest BCUT2D eigenvalue weighted by Crippen LogP contribution is -2.67. The predicted molar refractivity (Wildman–Crippen MR) is 60.3 cm³/mol. The Balaban J connectivity index is 1.63. The standard InChI is InChI=1S/C11H22N4/c12-13-10(7-9-1-2-9)11-8-14-3-5-15(11)6-4-14/h9-11,13H,1-8,12H2. The highest BCUT2D eigenvalue weighted by Gasteiger charge is 2.38. The Kier molecular flexibility index (Phi) is 2.68. The summed E-state index contributed by atoms with van der Waals surface area (Å²) in [5.74, 6) is 6.68. The van der Waals surface area contributed by atoms with Crippen LogP contribution >= 0.6 is 0 Å². The fourth-order valence-corrected chi connectivity index (χ4v) is 3.09. The van der Waals surface area contributed by atoms with Crippen molar-refractivity contribution >= 4 is 0 Å². The van der Waals surface area contributed by atoms with Crippen molar-refractivity contribution < 1.29 is 0 Å². The van der Waals surface area contributed by atoms with Crippen molar-refractivity contribution in [2.75, 3.05) is 32.7 Å². The number of fused-ring (bicyclic) bond motifs is 3. The van der Waals surface area contributed by atoms with E-state index in [0.717, 1.165) is 5.92 Å². The van der Waals surface area contributed by atoms with Gasteiger partial charge in [0.2, 0.25) is 0 Å². The van der Waals surface area contributed by atoms with E-state index >= 15 is 0 Å². The first-order valence-electron chi connectivity index (χ1n) is 6.29. The molecule has 3 N–H and O–H groups in total. The molecule has 0 aromatic rings. The van der Waals surface area contributed by atoms with E-state index in [9.17, 15) is 0 Å². The monoisotopic (exact) mass is 210 g/mol. The van der Waals surface area contributed by atoms with E-state index in [1.54, 1.807) is 0 Å². The van der Waals surface area contributed by atoms with Crippen LogP contribution in [0.2, 0.25) is 0 Å². The largest absolute Gasteiger partial charge is 0.299 e. The molecule has 4 aliphatic rings. The second-order valence-corrected chi connectivity index (χ2v) is 5.36. The molecule has 4 fully saturated rings. The van der Waals surface area contributed by atoms with Crippen LogP contribution < -0.4 is 11.3 Å². The third kappa shape index (κ3) is 2.04. The van der Waals surface area contributed by atoms with Crippen LogP contribution in [0.1, 0.15) is 19.3 Å². The van der Waals surface area contributed by atoms with Crippen LogP contribution in [0, 0.1) is 5.92 Å². The zero-order valence-corrected chi connectivity index (χ0v) is 9.36. The normalized spacial score (nSPS) is 41.8. The van der Waals surface area contributed by atoms with Gasteiger partial charge in [-0.25, -0.2) is 0 Å². The molecular weight excluding hydrogens is 188 g/mol. The van der Waals surface area contributed by atoms with Crippen molar-refractivity contribution in [3.05, 3.63) is 0 Å². The van der Waals surface area contributed by atoms with Gasteiger partial charge in [0.25, 0.3) is 0 Å². The number of hydrogen-bond acceptors (Lipinski definition) is 4. The minimum atomic E-state index is 0.514. The topological polar surface area (TPSA) is 44.5 Å². The number of nitrogens with zero attached hydrogens (tertiary/aromatic N) is 2. The Hall–Kier alpha value is -0.160. The van der Waals surface area contributed by atoms with Gasteiger partial charge in [0.1, 0.15) is 0 Å². The Bertz CT molecular complexity index is 221. The summed E-state index contributed by atoms with van der Waals surface area (Å²) in [6, 6.07) is 1.18. The van der Waals surface area contributed by atoms with Gasteiger partial charge in [-0.05, 0) is 12.3 Å². The highest BCUT2D eigenvalue weighted by atomic mass is 15.4. The molecular formula is C11H22N4. The van der Waals surface area contributed by atoms with E-state index in [2.05, 4.69) is 15.2 Å². The molecule has 4 rings (SSSR count). The van der Waals surface area contributed by atoms with E-state index in [4.69, 9.17) is 5.84 Å². The number of nitrogens with two attached hydrogens (primary N) is 1. The lowest BCUT2D eigenvalue weighted by molar-refractivity contribution is -0.00530. The van der Waals surface area contributed by atoms with Crippen molar-refractivity contribution in [3.8, 4) is 0 Å². The zero-order valence-electron chi connectivity index (χ0n) is 9.36. The Morgan fingerprint density at radius 3 is 2.40 bits per heavy atom. The fraction of sp³-hybridized carbons (Fsp3) is 1.00. The van der Waals surface area contributed by atoms with E-state index < -0.39 is 0 Å². The summed E-state index contributed by atoms with van der Waals surface area (Å²) in [5, 5.41) is 0. The SMILES string of the molecule is NNC(CC1CC1)C1CN2CCN1CC2. The highest BCUT2D eigenvalue weighted by Crippen LogP contribution is 2.35. The first-order valence-corrected chi connectivity index (χ1v) is 6.29. The maximum atomic E-state index is 5.72. The molecule has 0 amide bonds. The third-order valence-electron chi connectivity index (χ3n) is 4.28. The average molecular weight is 210 g/mol. The minimum absolute atomic E-state index is 0.514. The molecule has 0 radical (unpaired) electrons.